The number of halogens is 1. The lowest BCUT2D eigenvalue weighted by Gasteiger charge is -2.09. The molecule has 1 aromatic rings. The zero-order valence-electron chi connectivity index (χ0n) is 12.9. The SMILES string of the molecule is CCCCCCCCCCOc1cc(C)c(N)cc1F. The predicted octanol–water partition coefficient (Wildman–Crippen LogP) is 5.24. The molecule has 0 atom stereocenters. The van der Waals surface area contributed by atoms with E-state index in [-0.39, 0.29) is 5.82 Å². The Morgan fingerprint density at radius 3 is 2.25 bits per heavy atom. The minimum absolute atomic E-state index is 0.319. The Morgan fingerprint density at radius 1 is 1.00 bits per heavy atom. The largest absolute Gasteiger partial charge is 0.491 e. The predicted molar refractivity (Wildman–Crippen MR) is 83.7 cm³/mol. The molecule has 1 rings (SSSR count). The number of ether oxygens (including phenoxy) is 1. The number of aryl methyl sites for hydroxylation is 1. The van der Waals surface area contributed by atoms with Crippen LogP contribution in [-0.2, 0) is 0 Å². The molecule has 0 aliphatic carbocycles. The molecule has 0 saturated heterocycles. The van der Waals surface area contributed by atoms with Gasteiger partial charge < -0.3 is 10.5 Å². The molecule has 0 fully saturated rings. The Balaban J connectivity index is 2.11. The number of benzene rings is 1. The van der Waals surface area contributed by atoms with Crippen molar-refractivity contribution in [2.24, 2.45) is 0 Å². The third kappa shape index (κ3) is 6.27. The molecule has 0 unspecified atom stereocenters. The van der Waals surface area contributed by atoms with Crippen molar-refractivity contribution >= 4 is 5.69 Å². The summed E-state index contributed by atoms with van der Waals surface area (Å²) in [6.45, 7) is 4.67. The molecule has 0 spiro atoms. The van der Waals surface area contributed by atoms with E-state index in [2.05, 4.69) is 6.92 Å². The highest BCUT2D eigenvalue weighted by atomic mass is 19.1. The van der Waals surface area contributed by atoms with Crippen molar-refractivity contribution in [3.8, 4) is 5.75 Å². The molecule has 20 heavy (non-hydrogen) atoms. The molecule has 2 N–H and O–H groups in total. The molecule has 0 saturated carbocycles. The van der Waals surface area contributed by atoms with Gasteiger partial charge in [0.15, 0.2) is 11.6 Å². The summed E-state index contributed by atoms with van der Waals surface area (Å²) in [4.78, 5) is 0. The number of nitrogens with two attached hydrogens (primary N) is 1. The van der Waals surface area contributed by atoms with Crippen LogP contribution in [0.5, 0.6) is 5.75 Å². The van der Waals surface area contributed by atoms with Crippen LogP contribution in [0.3, 0.4) is 0 Å². The summed E-state index contributed by atoms with van der Waals surface area (Å²) in [5.41, 5.74) is 6.97. The van der Waals surface area contributed by atoms with E-state index in [1.165, 1.54) is 44.6 Å². The molecule has 0 bridgehead atoms. The zero-order valence-corrected chi connectivity index (χ0v) is 12.9. The van der Waals surface area contributed by atoms with Crippen LogP contribution in [0.15, 0.2) is 12.1 Å². The Morgan fingerprint density at radius 2 is 1.60 bits per heavy atom. The molecule has 3 heteroatoms. The van der Waals surface area contributed by atoms with Crippen molar-refractivity contribution < 1.29 is 9.13 Å². The van der Waals surface area contributed by atoms with Gasteiger partial charge in [-0.2, -0.15) is 0 Å². The van der Waals surface area contributed by atoms with E-state index < -0.39 is 0 Å². The number of anilines is 1. The molecule has 0 aliphatic heterocycles. The van der Waals surface area contributed by atoms with Gasteiger partial charge >= 0.3 is 0 Å². The van der Waals surface area contributed by atoms with Crippen molar-refractivity contribution in [3.05, 3.63) is 23.5 Å². The Bertz CT molecular complexity index is 393. The zero-order chi connectivity index (χ0) is 14.8. The molecular weight excluding hydrogens is 253 g/mol. The molecule has 1 aromatic carbocycles. The quantitative estimate of drug-likeness (QED) is 0.470. The minimum atomic E-state index is -0.368. The fourth-order valence-electron chi connectivity index (χ4n) is 2.20. The van der Waals surface area contributed by atoms with Crippen LogP contribution in [0.25, 0.3) is 0 Å². The molecular formula is C17H28FNO. The van der Waals surface area contributed by atoms with Crippen LogP contribution >= 0.6 is 0 Å². The monoisotopic (exact) mass is 281 g/mol. The second-order valence-electron chi connectivity index (χ2n) is 5.46. The van der Waals surface area contributed by atoms with Crippen molar-refractivity contribution in [2.75, 3.05) is 12.3 Å². The fraction of sp³-hybridized carbons (Fsp3) is 0.647. The fourth-order valence-corrected chi connectivity index (χ4v) is 2.20. The van der Waals surface area contributed by atoms with Crippen molar-refractivity contribution in [3.63, 3.8) is 0 Å². The number of hydrogen-bond donors (Lipinski definition) is 1. The van der Waals surface area contributed by atoms with Crippen LogP contribution in [0.2, 0.25) is 0 Å². The normalized spacial score (nSPS) is 10.8. The first-order chi connectivity index (χ1) is 9.65. The Labute approximate surface area is 122 Å². The van der Waals surface area contributed by atoms with Crippen LogP contribution < -0.4 is 10.5 Å². The maximum absolute atomic E-state index is 13.6. The Kier molecular flexibility index (Phi) is 8.08. The van der Waals surface area contributed by atoms with Gasteiger partial charge in [-0.1, -0.05) is 51.9 Å². The second-order valence-corrected chi connectivity index (χ2v) is 5.46. The lowest BCUT2D eigenvalue weighted by molar-refractivity contribution is 0.290. The van der Waals surface area contributed by atoms with Gasteiger partial charge in [0.05, 0.1) is 6.61 Å². The first kappa shape index (κ1) is 16.8. The third-order valence-electron chi connectivity index (χ3n) is 3.58. The van der Waals surface area contributed by atoms with E-state index in [9.17, 15) is 4.39 Å². The third-order valence-corrected chi connectivity index (χ3v) is 3.58. The van der Waals surface area contributed by atoms with Crippen LogP contribution in [-0.4, -0.2) is 6.61 Å². The van der Waals surface area contributed by atoms with Crippen LogP contribution in [0, 0.1) is 12.7 Å². The van der Waals surface area contributed by atoms with Gasteiger partial charge in [-0.3, -0.25) is 0 Å². The summed E-state index contributed by atoms with van der Waals surface area (Å²) in [5, 5.41) is 0. The summed E-state index contributed by atoms with van der Waals surface area (Å²) in [5.74, 6) is -0.0488. The number of rotatable bonds is 10. The molecule has 0 radical (unpaired) electrons. The van der Waals surface area contributed by atoms with Gasteiger partial charge in [0.2, 0.25) is 0 Å². The summed E-state index contributed by atoms with van der Waals surface area (Å²) in [6.07, 6.45) is 10.0. The van der Waals surface area contributed by atoms with Gasteiger partial charge in [0.25, 0.3) is 0 Å². The molecule has 114 valence electrons. The highest BCUT2D eigenvalue weighted by molar-refractivity contribution is 5.50. The molecule has 0 amide bonds. The first-order valence-electron chi connectivity index (χ1n) is 7.83. The summed E-state index contributed by atoms with van der Waals surface area (Å²) >= 11 is 0. The lowest BCUT2D eigenvalue weighted by Crippen LogP contribution is -2.01. The highest BCUT2D eigenvalue weighted by Crippen LogP contribution is 2.23. The van der Waals surface area contributed by atoms with Crippen molar-refractivity contribution in [1.29, 1.82) is 0 Å². The topological polar surface area (TPSA) is 35.2 Å². The second kappa shape index (κ2) is 9.62. The summed E-state index contributed by atoms with van der Waals surface area (Å²) in [7, 11) is 0. The Hall–Kier alpha value is -1.25. The van der Waals surface area contributed by atoms with Gasteiger partial charge in [-0.25, -0.2) is 4.39 Å². The van der Waals surface area contributed by atoms with Gasteiger partial charge in [0, 0.05) is 11.8 Å². The van der Waals surface area contributed by atoms with E-state index in [0.29, 0.717) is 18.0 Å². The minimum Gasteiger partial charge on any atom is -0.491 e. The number of hydrogen-bond acceptors (Lipinski definition) is 2. The summed E-state index contributed by atoms with van der Waals surface area (Å²) in [6, 6.07) is 3.01. The van der Waals surface area contributed by atoms with Crippen molar-refractivity contribution in [1.82, 2.24) is 0 Å². The highest BCUT2D eigenvalue weighted by Gasteiger charge is 2.06. The average molecular weight is 281 g/mol. The molecule has 0 aromatic heterocycles. The van der Waals surface area contributed by atoms with Crippen LogP contribution in [0.1, 0.15) is 63.9 Å². The van der Waals surface area contributed by atoms with E-state index in [1.807, 2.05) is 6.92 Å². The lowest BCUT2D eigenvalue weighted by atomic mass is 10.1. The maximum atomic E-state index is 13.6. The van der Waals surface area contributed by atoms with Gasteiger partial charge in [-0.05, 0) is 25.0 Å². The number of unbranched alkanes of at least 4 members (excludes halogenated alkanes) is 7. The number of nitrogen functional groups attached to an aromatic ring is 1. The van der Waals surface area contributed by atoms with E-state index >= 15 is 0 Å². The van der Waals surface area contributed by atoms with Crippen molar-refractivity contribution in [2.45, 2.75) is 65.2 Å². The van der Waals surface area contributed by atoms with E-state index in [0.717, 1.165) is 18.4 Å². The smallest absolute Gasteiger partial charge is 0.167 e. The van der Waals surface area contributed by atoms with Gasteiger partial charge in [0.1, 0.15) is 0 Å². The van der Waals surface area contributed by atoms with E-state index in [4.69, 9.17) is 10.5 Å². The first-order valence-corrected chi connectivity index (χ1v) is 7.83. The molecule has 0 aliphatic rings. The van der Waals surface area contributed by atoms with Gasteiger partial charge in [-0.15, -0.1) is 0 Å². The summed E-state index contributed by atoms with van der Waals surface area (Å²) < 4.78 is 19.1. The van der Waals surface area contributed by atoms with Crippen LogP contribution in [0.4, 0.5) is 10.1 Å². The maximum Gasteiger partial charge on any atom is 0.167 e. The standard InChI is InChI=1S/C17H28FNO/c1-3-4-5-6-7-8-9-10-11-20-17-12-14(2)16(19)13-15(17)18/h12-13H,3-11,19H2,1-2H3. The molecule has 2 nitrogen and oxygen atoms in total. The van der Waals surface area contributed by atoms with E-state index in [1.54, 1.807) is 6.07 Å². The molecule has 0 heterocycles. The average Bonchev–Trinajstić information content (AvgIpc) is 2.42.